The molecule has 0 amide bonds. The van der Waals surface area contributed by atoms with Gasteiger partial charge < -0.3 is 10.1 Å². The minimum atomic E-state index is -0.185. The second-order valence-corrected chi connectivity index (χ2v) is 6.56. The van der Waals surface area contributed by atoms with Gasteiger partial charge in [-0.1, -0.05) is 6.07 Å². The van der Waals surface area contributed by atoms with Gasteiger partial charge in [0.15, 0.2) is 0 Å². The van der Waals surface area contributed by atoms with Crippen molar-refractivity contribution in [1.82, 2.24) is 0 Å². The summed E-state index contributed by atoms with van der Waals surface area (Å²) in [6.45, 7) is 0.796. The standard InChI is InChI=1S/C17H19NO2S/c1-20-17(19)10-15-7-8-16(21-15)11-18-14-6-5-12-3-2-4-13(12)9-14/h5-9,18H,2-4,10-11H2,1H3. The molecular formula is C17H19NO2S. The molecule has 0 aliphatic heterocycles. The summed E-state index contributed by atoms with van der Waals surface area (Å²) in [6.07, 6.45) is 4.06. The first-order valence-electron chi connectivity index (χ1n) is 7.24. The highest BCUT2D eigenvalue weighted by Gasteiger charge is 2.11. The van der Waals surface area contributed by atoms with Crippen LogP contribution in [-0.4, -0.2) is 13.1 Å². The van der Waals surface area contributed by atoms with Crippen molar-refractivity contribution in [3.8, 4) is 0 Å². The molecular weight excluding hydrogens is 282 g/mol. The van der Waals surface area contributed by atoms with Crippen molar-refractivity contribution < 1.29 is 9.53 Å². The smallest absolute Gasteiger partial charge is 0.310 e. The van der Waals surface area contributed by atoms with E-state index in [1.54, 1.807) is 11.3 Å². The maximum Gasteiger partial charge on any atom is 0.310 e. The molecule has 0 unspecified atom stereocenters. The van der Waals surface area contributed by atoms with Crippen LogP contribution >= 0.6 is 11.3 Å². The Labute approximate surface area is 129 Å². The lowest BCUT2D eigenvalue weighted by Gasteiger charge is -2.07. The number of hydrogen-bond acceptors (Lipinski definition) is 4. The molecule has 1 aliphatic rings. The van der Waals surface area contributed by atoms with E-state index in [0.29, 0.717) is 6.42 Å². The van der Waals surface area contributed by atoms with Crippen LogP contribution in [0, 0.1) is 0 Å². The van der Waals surface area contributed by atoms with Crippen molar-refractivity contribution in [1.29, 1.82) is 0 Å². The summed E-state index contributed by atoms with van der Waals surface area (Å²) in [6, 6.07) is 10.7. The Morgan fingerprint density at radius 3 is 2.86 bits per heavy atom. The molecule has 4 heteroatoms. The normalized spacial score (nSPS) is 13.0. The Bertz CT molecular complexity index is 648. The van der Waals surface area contributed by atoms with E-state index in [-0.39, 0.29) is 5.97 Å². The Morgan fingerprint density at radius 1 is 1.19 bits per heavy atom. The second-order valence-electron chi connectivity index (χ2n) is 5.31. The lowest BCUT2D eigenvalue weighted by atomic mass is 10.1. The second kappa shape index (κ2) is 6.31. The molecule has 1 aromatic carbocycles. The number of thiophene rings is 1. The molecule has 3 rings (SSSR count). The van der Waals surface area contributed by atoms with Gasteiger partial charge in [-0.25, -0.2) is 0 Å². The molecule has 0 bridgehead atoms. The van der Waals surface area contributed by atoms with Crippen LogP contribution in [0.25, 0.3) is 0 Å². The van der Waals surface area contributed by atoms with E-state index in [4.69, 9.17) is 0 Å². The van der Waals surface area contributed by atoms with Gasteiger partial charge in [0.1, 0.15) is 0 Å². The maximum atomic E-state index is 11.2. The van der Waals surface area contributed by atoms with Crippen LogP contribution in [0.15, 0.2) is 30.3 Å². The van der Waals surface area contributed by atoms with Crippen LogP contribution in [0.3, 0.4) is 0 Å². The van der Waals surface area contributed by atoms with Gasteiger partial charge in [0.2, 0.25) is 0 Å². The summed E-state index contributed by atoms with van der Waals surface area (Å²) in [5.74, 6) is -0.185. The Hall–Kier alpha value is -1.81. The van der Waals surface area contributed by atoms with Crippen LogP contribution < -0.4 is 5.32 Å². The SMILES string of the molecule is COC(=O)Cc1ccc(CNc2ccc3c(c2)CCC3)s1. The number of ether oxygens (including phenoxy) is 1. The molecule has 1 heterocycles. The van der Waals surface area contributed by atoms with Crippen molar-refractivity contribution in [2.45, 2.75) is 32.2 Å². The van der Waals surface area contributed by atoms with Crippen LogP contribution in [0.2, 0.25) is 0 Å². The molecule has 1 aromatic heterocycles. The first-order chi connectivity index (χ1) is 10.2. The van der Waals surface area contributed by atoms with Crippen molar-refractivity contribution >= 4 is 23.0 Å². The number of esters is 1. The number of hydrogen-bond donors (Lipinski definition) is 1. The number of fused-ring (bicyclic) bond motifs is 1. The van der Waals surface area contributed by atoms with Crippen LogP contribution in [0.5, 0.6) is 0 Å². The molecule has 3 nitrogen and oxygen atoms in total. The van der Waals surface area contributed by atoms with Crippen LogP contribution in [0.4, 0.5) is 5.69 Å². The summed E-state index contributed by atoms with van der Waals surface area (Å²) in [5.41, 5.74) is 4.16. The van der Waals surface area contributed by atoms with Gasteiger partial charge >= 0.3 is 5.97 Å². The first kappa shape index (κ1) is 14.1. The quantitative estimate of drug-likeness (QED) is 0.858. The summed E-state index contributed by atoms with van der Waals surface area (Å²) in [5, 5.41) is 3.47. The summed E-state index contributed by atoms with van der Waals surface area (Å²) in [7, 11) is 1.42. The van der Waals surface area contributed by atoms with Gasteiger partial charge in [-0.2, -0.15) is 0 Å². The number of carbonyl (C=O) groups is 1. The highest BCUT2D eigenvalue weighted by atomic mass is 32.1. The van der Waals surface area contributed by atoms with Crippen molar-refractivity contribution in [2.75, 3.05) is 12.4 Å². The van der Waals surface area contributed by atoms with E-state index in [0.717, 1.165) is 11.4 Å². The fourth-order valence-corrected chi connectivity index (χ4v) is 3.64. The van der Waals surface area contributed by atoms with Crippen LogP contribution in [-0.2, 0) is 35.3 Å². The van der Waals surface area contributed by atoms with Crippen molar-refractivity contribution in [2.24, 2.45) is 0 Å². The number of carbonyl (C=O) groups excluding carboxylic acids is 1. The highest BCUT2D eigenvalue weighted by molar-refractivity contribution is 7.12. The monoisotopic (exact) mass is 301 g/mol. The van der Waals surface area contributed by atoms with Gasteiger partial charge in [0.05, 0.1) is 13.5 Å². The van der Waals surface area contributed by atoms with E-state index in [2.05, 4.69) is 34.3 Å². The molecule has 1 N–H and O–H groups in total. The topological polar surface area (TPSA) is 38.3 Å². The molecule has 0 saturated heterocycles. The van der Waals surface area contributed by atoms with Gasteiger partial charge in [-0.3, -0.25) is 4.79 Å². The molecule has 0 fully saturated rings. The zero-order valence-electron chi connectivity index (χ0n) is 12.1. The van der Waals surface area contributed by atoms with E-state index in [1.165, 1.54) is 48.1 Å². The fraction of sp³-hybridized carbons (Fsp3) is 0.353. The molecule has 21 heavy (non-hydrogen) atoms. The molecule has 0 saturated carbocycles. The molecule has 110 valence electrons. The van der Waals surface area contributed by atoms with Crippen molar-refractivity contribution in [3.63, 3.8) is 0 Å². The number of methoxy groups -OCH3 is 1. The van der Waals surface area contributed by atoms with Gasteiger partial charge in [0.25, 0.3) is 0 Å². The summed E-state index contributed by atoms with van der Waals surface area (Å²) in [4.78, 5) is 13.5. The number of benzene rings is 1. The highest BCUT2D eigenvalue weighted by Crippen LogP contribution is 2.25. The molecule has 0 atom stereocenters. The fourth-order valence-electron chi connectivity index (χ4n) is 2.70. The van der Waals surface area contributed by atoms with Gasteiger partial charge in [-0.05, 0) is 54.7 Å². The zero-order valence-corrected chi connectivity index (χ0v) is 13.0. The number of nitrogens with one attached hydrogen (secondary N) is 1. The van der Waals surface area contributed by atoms with Crippen molar-refractivity contribution in [3.05, 3.63) is 51.2 Å². The van der Waals surface area contributed by atoms with Gasteiger partial charge in [0, 0.05) is 22.0 Å². The summed E-state index contributed by atoms with van der Waals surface area (Å²) < 4.78 is 4.69. The largest absolute Gasteiger partial charge is 0.469 e. The molecule has 1 aliphatic carbocycles. The first-order valence-corrected chi connectivity index (χ1v) is 8.06. The summed E-state index contributed by atoms with van der Waals surface area (Å²) >= 11 is 1.66. The number of aryl methyl sites for hydroxylation is 2. The predicted octanol–water partition coefficient (Wildman–Crippen LogP) is 3.56. The molecule has 2 aromatic rings. The van der Waals surface area contributed by atoms with Crippen LogP contribution in [0.1, 0.15) is 27.3 Å². The molecule has 0 spiro atoms. The third-order valence-electron chi connectivity index (χ3n) is 3.83. The lowest BCUT2D eigenvalue weighted by Crippen LogP contribution is -2.02. The average Bonchev–Trinajstić information content (AvgIpc) is 3.13. The van der Waals surface area contributed by atoms with E-state index < -0.39 is 0 Å². The predicted molar refractivity (Wildman–Crippen MR) is 85.8 cm³/mol. The Morgan fingerprint density at radius 2 is 2.00 bits per heavy atom. The lowest BCUT2D eigenvalue weighted by molar-refractivity contribution is -0.139. The number of anilines is 1. The third kappa shape index (κ3) is 3.45. The Balaban J connectivity index is 1.59. The zero-order chi connectivity index (χ0) is 14.7. The third-order valence-corrected chi connectivity index (χ3v) is 4.91. The Kier molecular flexibility index (Phi) is 4.25. The minimum absolute atomic E-state index is 0.185. The maximum absolute atomic E-state index is 11.2. The van der Waals surface area contributed by atoms with E-state index in [1.807, 2.05) is 6.07 Å². The minimum Gasteiger partial charge on any atom is -0.469 e. The molecule has 0 radical (unpaired) electrons. The van der Waals surface area contributed by atoms with Gasteiger partial charge in [-0.15, -0.1) is 11.3 Å². The van der Waals surface area contributed by atoms with E-state index in [9.17, 15) is 4.79 Å². The van der Waals surface area contributed by atoms with E-state index >= 15 is 0 Å². The average molecular weight is 301 g/mol. The number of rotatable bonds is 5.